The van der Waals surface area contributed by atoms with Crippen molar-refractivity contribution in [2.75, 3.05) is 0 Å². The van der Waals surface area contributed by atoms with Crippen molar-refractivity contribution in [1.29, 1.82) is 5.26 Å². The molecule has 1 rings (SSSR count). The van der Waals surface area contributed by atoms with E-state index in [0.29, 0.717) is 11.1 Å². The first-order valence-corrected chi connectivity index (χ1v) is 4.18. The molecular formula is C10H11ClF2N2. The van der Waals surface area contributed by atoms with Crippen LogP contribution in [-0.2, 0) is 0 Å². The minimum Gasteiger partial charge on any atom is -0.324 e. The summed E-state index contributed by atoms with van der Waals surface area (Å²) in [6.45, 7) is 0. The van der Waals surface area contributed by atoms with Crippen LogP contribution in [0.1, 0.15) is 23.6 Å². The van der Waals surface area contributed by atoms with Crippen LogP contribution in [0.4, 0.5) is 8.78 Å². The predicted octanol–water partition coefficient (Wildman–Crippen LogP) is 2.64. The normalized spacial score (nSPS) is 11.7. The average molecular weight is 233 g/mol. The summed E-state index contributed by atoms with van der Waals surface area (Å²) in [4.78, 5) is 0. The van der Waals surface area contributed by atoms with Gasteiger partial charge in [-0.3, -0.25) is 0 Å². The standard InChI is InChI=1S/C10H10F2N2.ClH/c11-10(12)5-9(14)8-4-2-1-3-7(8)6-13;/h1-4,9-10H,5,14H2;1H/t9-;/m0./s1. The average Bonchev–Trinajstić information content (AvgIpc) is 2.16. The first-order chi connectivity index (χ1) is 6.65. The fraction of sp³-hybridized carbons (Fsp3) is 0.300. The van der Waals surface area contributed by atoms with E-state index < -0.39 is 18.9 Å². The number of hydrogen-bond acceptors (Lipinski definition) is 2. The van der Waals surface area contributed by atoms with E-state index in [9.17, 15) is 8.78 Å². The molecule has 1 atom stereocenters. The SMILES string of the molecule is Cl.N#Cc1ccccc1[C@@H](N)CC(F)F. The highest BCUT2D eigenvalue weighted by atomic mass is 35.5. The van der Waals surface area contributed by atoms with Crippen LogP contribution < -0.4 is 5.73 Å². The maximum absolute atomic E-state index is 12.0. The molecule has 0 unspecified atom stereocenters. The lowest BCUT2D eigenvalue weighted by atomic mass is 10.00. The van der Waals surface area contributed by atoms with Crippen LogP contribution in [0, 0.1) is 11.3 Å². The number of nitrogens with two attached hydrogens (primary N) is 1. The van der Waals surface area contributed by atoms with Crippen molar-refractivity contribution < 1.29 is 8.78 Å². The zero-order valence-electron chi connectivity index (χ0n) is 7.86. The molecule has 0 aromatic heterocycles. The molecule has 0 saturated heterocycles. The molecule has 1 aromatic carbocycles. The lowest BCUT2D eigenvalue weighted by Crippen LogP contribution is -2.15. The molecule has 1 aromatic rings. The van der Waals surface area contributed by atoms with E-state index in [-0.39, 0.29) is 12.4 Å². The van der Waals surface area contributed by atoms with E-state index in [2.05, 4.69) is 0 Å². The van der Waals surface area contributed by atoms with Gasteiger partial charge in [-0.2, -0.15) is 5.26 Å². The van der Waals surface area contributed by atoms with Gasteiger partial charge < -0.3 is 5.73 Å². The van der Waals surface area contributed by atoms with Crippen LogP contribution in [0.25, 0.3) is 0 Å². The highest BCUT2D eigenvalue weighted by Crippen LogP contribution is 2.20. The number of nitrogens with zero attached hydrogens (tertiary/aromatic N) is 1. The lowest BCUT2D eigenvalue weighted by Gasteiger charge is -2.12. The van der Waals surface area contributed by atoms with Crippen molar-refractivity contribution in [3.8, 4) is 6.07 Å². The molecule has 0 heterocycles. The van der Waals surface area contributed by atoms with Gasteiger partial charge in [0.1, 0.15) is 0 Å². The molecular weight excluding hydrogens is 222 g/mol. The highest BCUT2D eigenvalue weighted by molar-refractivity contribution is 5.85. The van der Waals surface area contributed by atoms with Crippen LogP contribution >= 0.6 is 12.4 Å². The molecule has 0 aliphatic carbocycles. The minimum atomic E-state index is -2.45. The van der Waals surface area contributed by atoms with Gasteiger partial charge in [0.15, 0.2) is 0 Å². The molecule has 15 heavy (non-hydrogen) atoms. The smallest absolute Gasteiger partial charge is 0.240 e. The molecule has 0 aliphatic heterocycles. The van der Waals surface area contributed by atoms with Crippen molar-refractivity contribution >= 4 is 12.4 Å². The fourth-order valence-electron chi connectivity index (χ4n) is 1.24. The Morgan fingerprint density at radius 3 is 2.47 bits per heavy atom. The molecule has 0 radical (unpaired) electrons. The third-order valence-corrected chi connectivity index (χ3v) is 1.91. The molecule has 82 valence electrons. The van der Waals surface area contributed by atoms with Crippen molar-refractivity contribution in [3.05, 3.63) is 35.4 Å². The molecule has 0 fully saturated rings. The molecule has 2 nitrogen and oxygen atoms in total. The number of alkyl halides is 2. The summed E-state index contributed by atoms with van der Waals surface area (Å²) in [5.74, 6) is 0. The molecule has 0 saturated carbocycles. The second-order valence-corrected chi connectivity index (χ2v) is 2.93. The van der Waals surface area contributed by atoms with Gasteiger partial charge in [0.05, 0.1) is 11.6 Å². The lowest BCUT2D eigenvalue weighted by molar-refractivity contribution is 0.128. The molecule has 5 heteroatoms. The van der Waals surface area contributed by atoms with Crippen LogP contribution in [0.5, 0.6) is 0 Å². The van der Waals surface area contributed by atoms with E-state index in [4.69, 9.17) is 11.0 Å². The fourth-order valence-corrected chi connectivity index (χ4v) is 1.24. The van der Waals surface area contributed by atoms with Crippen LogP contribution in [0.2, 0.25) is 0 Å². The number of benzene rings is 1. The Kier molecular flexibility index (Phi) is 5.83. The Bertz CT molecular complexity index is 350. The highest BCUT2D eigenvalue weighted by Gasteiger charge is 2.15. The number of halogens is 3. The molecule has 0 spiro atoms. The van der Waals surface area contributed by atoms with Gasteiger partial charge in [0, 0.05) is 12.5 Å². The molecule has 0 amide bonds. The minimum absolute atomic E-state index is 0. The van der Waals surface area contributed by atoms with Crippen molar-refractivity contribution in [1.82, 2.24) is 0 Å². The van der Waals surface area contributed by atoms with Gasteiger partial charge >= 0.3 is 0 Å². The van der Waals surface area contributed by atoms with Gasteiger partial charge in [-0.25, -0.2) is 8.78 Å². The first kappa shape index (κ1) is 13.8. The monoisotopic (exact) mass is 232 g/mol. The van der Waals surface area contributed by atoms with Crippen LogP contribution in [0.15, 0.2) is 24.3 Å². The summed E-state index contributed by atoms with van der Waals surface area (Å²) in [6.07, 6.45) is -2.87. The number of hydrogen-bond donors (Lipinski definition) is 1. The summed E-state index contributed by atoms with van der Waals surface area (Å²) < 4.78 is 24.1. The second kappa shape index (κ2) is 6.33. The van der Waals surface area contributed by atoms with Gasteiger partial charge in [0.25, 0.3) is 0 Å². The first-order valence-electron chi connectivity index (χ1n) is 4.18. The van der Waals surface area contributed by atoms with Crippen LogP contribution in [-0.4, -0.2) is 6.43 Å². The summed E-state index contributed by atoms with van der Waals surface area (Å²) in [5, 5.41) is 8.71. The Morgan fingerprint density at radius 1 is 1.33 bits per heavy atom. The number of rotatable bonds is 3. The van der Waals surface area contributed by atoms with E-state index in [1.54, 1.807) is 24.3 Å². The zero-order chi connectivity index (χ0) is 10.6. The van der Waals surface area contributed by atoms with E-state index in [1.807, 2.05) is 6.07 Å². The summed E-state index contributed by atoms with van der Waals surface area (Å²) in [5.41, 5.74) is 6.38. The quantitative estimate of drug-likeness (QED) is 0.871. The van der Waals surface area contributed by atoms with Gasteiger partial charge in [0.2, 0.25) is 6.43 Å². The summed E-state index contributed by atoms with van der Waals surface area (Å²) in [6, 6.07) is 7.69. The van der Waals surface area contributed by atoms with Crippen molar-refractivity contribution in [3.63, 3.8) is 0 Å². The Labute approximate surface area is 93.1 Å². The second-order valence-electron chi connectivity index (χ2n) is 2.93. The van der Waals surface area contributed by atoms with Gasteiger partial charge in [-0.15, -0.1) is 12.4 Å². The maximum atomic E-state index is 12.0. The Morgan fingerprint density at radius 2 is 1.93 bits per heavy atom. The molecule has 0 aliphatic rings. The van der Waals surface area contributed by atoms with Crippen molar-refractivity contribution in [2.24, 2.45) is 5.73 Å². The molecule has 2 N–H and O–H groups in total. The van der Waals surface area contributed by atoms with E-state index >= 15 is 0 Å². The van der Waals surface area contributed by atoms with Crippen molar-refractivity contribution in [2.45, 2.75) is 18.9 Å². The predicted molar refractivity (Wildman–Crippen MR) is 56.0 cm³/mol. The Hall–Kier alpha value is -1.18. The zero-order valence-corrected chi connectivity index (χ0v) is 8.68. The molecule has 0 bridgehead atoms. The largest absolute Gasteiger partial charge is 0.324 e. The van der Waals surface area contributed by atoms with E-state index in [0.717, 1.165) is 0 Å². The van der Waals surface area contributed by atoms with E-state index in [1.165, 1.54) is 0 Å². The third kappa shape index (κ3) is 3.82. The third-order valence-electron chi connectivity index (χ3n) is 1.91. The van der Waals surface area contributed by atoms with Crippen LogP contribution in [0.3, 0.4) is 0 Å². The van der Waals surface area contributed by atoms with Gasteiger partial charge in [-0.1, -0.05) is 18.2 Å². The summed E-state index contributed by atoms with van der Waals surface area (Å²) in [7, 11) is 0. The maximum Gasteiger partial charge on any atom is 0.240 e. The summed E-state index contributed by atoms with van der Waals surface area (Å²) >= 11 is 0. The number of nitriles is 1. The Balaban J connectivity index is 0.00000196. The van der Waals surface area contributed by atoms with Gasteiger partial charge in [-0.05, 0) is 11.6 Å². The topological polar surface area (TPSA) is 49.8 Å².